The lowest BCUT2D eigenvalue weighted by Gasteiger charge is -2.18. The van der Waals surface area contributed by atoms with Gasteiger partial charge in [-0.15, -0.1) is 0 Å². The summed E-state index contributed by atoms with van der Waals surface area (Å²) >= 11 is 0. The molecule has 110 valence electrons. The van der Waals surface area contributed by atoms with Crippen molar-refractivity contribution in [2.45, 2.75) is 0 Å². The number of rotatable bonds is 2. The molecule has 0 aliphatic carbocycles. The minimum Gasteiger partial charge on any atom is -0.482 e. The predicted molar refractivity (Wildman–Crippen MR) is 81.0 cm³/mol. The zero-order chi connectivity index (χ0) is 14.9. The fraction of sp³-hybridized carbons (Fsp3) is 0.125. The molecule has 0 unspecified atom stereocenters. The second kappa shape index (κ2) is 5.07. The fourth-order valence-electron chi connectivity index (χ4n) is 2.42. The highest BCUT2D eigenvalue weighted by atomic mass is 16.5. The smallest absolute Gasteiger partial charge is 0.262 e. The summed E-state index contributed by atoms with van der Waals surface area (Å²) < 4.78 is 10.4. The Kier molecular flexibility index (Phi) is 2.93. The molecule has 2 aliphatic heterocycles. The van der Waals surface area contributed by atoms with Crippen LogP contribution in [0.5, 0.6) is 5.75 Å². The van der Waals surface area contributed by atoms with Crippen LogP contribution in [0.15, 0.2) is 35.1 Å². The maximum absolute atomic E-state index is 11.3. The molecule has 22 heavy (non-hydrogen) atoms. The SMILES string of the molecule is O=C1COc2ccc(C=CN3C=c4cnoc4=CC3)cc2N1. The molecule has 1 amide bonds. The Bertz CT molecular complexity index is 882. The molecule has 3 heterocycles. The van der Waals surface area contributed by atoms with Gasteiger partial charge >= 0.3 is 0 Å². The van der Waals surface area contributed by atoms with E-state index in [0.717, 1.165) is 22.7 Å². The molecule has 2 aliphatic rings. The van der Waals surface area contributed by atoms with Gasteiger partial charge in [-0.3, -0.25) is 4.79 Å². The molecule has 2 aromatic rings. The lowest BCUT2D eigenvalue weighted by atomic mass is 10.1. The Hall–Kier alpha value is -3.02. The van der Waals surface area contributed by atoms with Crippen LogP contribution in [0.25, 0.3) is 18.4 Å². The summed E-state index contributed by atoms with van der Waals surface area (Å²) in [5.74, 6) is 0.566. The fourth-order valence-corrected chi connectivity index (χ4v) is 2.42. The summed E-state index contributed by atoms with van der Waals surface area (Å²) in [4.78, 5) is 13.4. The average molecular weight is 295 g/mol. The van der Waals surface area contributed by atoms with Gasteiger partial charge in [0.2, 0.25) is 0 Å². The van der Waals surface area contributed by atoms with Gasteiger partial charge in [0.1, 0.15) is 5.75 Å². The van der Waals surface area contributed by atoms with E-state index < -0.39 is 0 Å². The highest BCUT2D eigenvalue weighted by Gasteiger charge is 2.15. The van der Waals surface area contributed by atoms with Crippen LogP contribution >= 0.6 is 0 Å². The number of amides is 1. The van der Waals surface area contributed by atoms with E-state index in [0.29, 0.717) is 11.4 Å². The number of carbonyl (C=O) groups is 1. The van der Waals surface area contributed by atoms with Crippen molar-refractivity contribution < 1.29 is 14.1 Å². The Labute approximate surface area is 126 Å². The van der Waals surface area contributed by atoms with Gasteiger partial charge in [0.25, 0.3) is 5.91 Å². The maximum Gasteiger partial charge on any atom is 0.262 e. The van der Waals surface area contributed by atoms with Crippen molar-refractivity contribution >= 4 is 29.9 Å². The quantitative estimate of drug-likeness (QED) is 0.874. The number of ether oxygens (including phenoxy) is 1. The molecule has 6 heteroatoms. The van der Waals surface area contributed by atoms with Crippen molar-refractivity contribution in [1.29, 1.82) is 0 Å². The van der Waals surface area contributed by atoms with E-state index in [1.807, 2.05) is 47.7 Å². The average Bonchev–Trinajstić information content (AvgIpc) is 3.00. The van der Waals surface area contributed by atoms with Gasteiger partial charge in [0.15, 0.2) is 12.0 Å². The molecular weight excluding hydrogens is 282 g/mol. The first-order valence-electron chi connectivity index (χ1n) is 6.91. The minimum atomic E-state index is -0.132. The molecule has 0 atom stereocenters. The highest BCUT2D eigenvalue weighted by Crippen LogP contribution is 2.28. The minimum absolute atomic E-state index is 0.0713. The van der Waals surface area contributed by atoms with E-state index in [4.69, 9.17) is 9.26 Å². The van der Waals surface area contributed by atoms with Crippen LogP contribution in [0.1, 0.15) is 5.56 Å². The van der Waals surface area contributed by atoms with Crippen molar-refractivity contribution in [1.82, 2.24) is 10.1 Å². The number of benzene rings is 1. The predicted octanol–water partition coefficient (Wildman–Crippen LogP) is 0.510. The molecule has 0 saturated heterocycles. The molecule has 0 bridgehead atoms. The lowest BCUT2D eigenvalue weighted by molar-refractivity contribution is -0.118. The normalized spacial score (nSPS) is 16.2. The van der Waals surface area contributed by atoms with Gasteiger partial charge in [-0.1, -0.05) is 11.2 Å². The molecule has 0 radical (unpaired) electrons. The van der Waals surface area contributed by atoms with Gasteiger partial charge in [-0.25, -0.2) is 0 Å². The van der Waals surface area contributed by atoms with Crippen molar-refractivity contribution in [3.63, 3.8) is 0 Å². The topological polar surface area (TPSA) is 67.6 Å². The van der Waals surface area contributed by atoms with Gasteiger partial charge in [-0.05, 0) is 29.8 Å². The number of hydrogen-bond acceptors (Lipinski definition) is 5. The van der Waals surface area contributed by atoms with E-state index in [1.54, 1.807) is 6.20 Å². The van der Waals surface area contributed by atoms with Crippen LogP contribution in [0.2, 0.25) is 0 Å². The zero-order valence-electron chi connectivity index (χ0n) is 11.7. The van der Waals surface area contributed by atoms with E-state index in [2.05, 4.69) is 10.5 Å². The molecule has 0 saturated carbocycles. The number of fused-ring (bicyclic) bond motifs is 2. The Morgan fingerprint density at radius 1 is 1.36 bits per heavy atom. The molecule has 1 N–H and O–H groups in total. The molecule has 0 fully saturated rings. The maximum atomic E-state index is 11.3. The number of carbonyl (C=O) groups excluding carboxylic acids is 1. The van der Waals surface area contributed by atoms with Crippen molar-refractivity contribution in [2.75, 3.05) is 18.5 Å². The summed E-state index contributed by atoms with van der Waals surface area (Å²) in [6, 6.07) is 5.70. The summed E-state index contributed by atoms with van der Waals surface area (Å²) in [5.41, 5.74) is 2.49. The largest absolute Gasteiger partial charge is 0.482 e. The molecule has 1 aromatic heterocycles. The van der Waals surface area contributed by atoms with Gasteiger partial charge in [0, 0.05) is 18.9 Å². The van der Waals surface area contributed by atoms with Gasteiger partial charge in [-0.2, -0.15) is 0 Å². The monoisotopic (exact) mass is 295 g/mol. The number of nitrogens with zero attached hydrogens (tertiary/aromatic N) is 2. The van der Waals surface area contributed by atoms with Crippen LogP contribution in [0, 0.1) is 0 Å². The zero-order valence-corrected chi connectivity index (χ0v) is 11.7. The summed E-state index contributed by atoms with van der Waals surface area (Å²) in [5, 5.41) is 7.53. The number of aromatic nitrogens is 1. The van der Waals surface area contributed by atoms with E-state index in [9.17, 15) is 4.79 Å². The van der Waals surface area contributed by atoms with E-state index in [-0.39, 0.29) is 12.5 Å². The second-order valence-electron chi connectivity index (χ2n) is 5.08. The molecule has 1 aromatic carbocycles. The third-order valence-corrected chi connectivity index (χ3v) is 3.51. The van der Waals surface area contributed by atoms with Crippen LogP contribution in [-0.4, -0.2) is 29.1 Å². The highest BCUT2D eigenvalue weighted by molar-refractivity contribution is 5.95. The Morgan fingerprint density at radius 3 is 3.27 bits per heavy atom. The van der Waals surface area contributed by atoms with Crippen molar-refractivity contribution in [3.05, 3.63) is 46.8 Å². The van der Waals surface area contributed by atoms with Gasteiger partial charge in [0.05, 0.1) is 17.1 Å². The standard InChI is InChI=1S/C16H13N3O3/c20-16-10-21-15-2-1-11(7-13(15)18-16)3-5-19-6-4-14-12(9-19)8-17-22-14/h1-5,7-9H,6,10H2,(H,18,20). The molecule has 0 spiro atoms. The van der Waals surface area contributed by atoms with Crippen LogP contribution < -0.4 is 20.7 Å². The lowest BCUT2D eigenvalue weighted by Crippen LogP contribution is -2.30. The summed E-state index contributed by atoms with van der Waals surface area (Å²) in [7, 11) is 0. The Morgan fingerprint density at radius 2 is 2.32 bits per heavy atom. The first kappa shape index (κ1) is 12.7. The van der Waals surface area contributed by atoms with Crippen LogP contribution in [0.4, 0.5) is 5.69 Å². The number of anilines is 1. The third kappa shape index (κ3) is 2.35. The van der Waals surface area contributed by atoms with Crippen molar-refractivity contribution in [3.8, 4) is 5.75 Å². The first-order valence-corrected chi connectivity index (χ1v) is 6.91. The first-order chi connectivity index (χ1) is 10.8. The third-order valence-electron chi connectivity index (χ3n) is 3.51. The molecule has 4 rings (SSSR count). The molecular formula is C16H13N3O3. The van der Waals surface area contributed by atoms with E-state index >= 15 is 0 Å². The Balaban J connectivity index is 1.56. The van der Waals surface area contributed by atoms with Gasteiger partial charge < -0.3 is 19.5 Å². The van der Waals surface area contributed by atoms with Crippen molar-refractivity contribution in [2.24, 2.45) is 0 Å². The van der Waals surface area contributed by atoms with Crippen LogP contribution in [-0.2, 0) is 4.79 Å². The number of hydrogen-bond donors (Lipinski definition) is 1. The van der Waals surface area contributed by atoms with Crippen LogP contribution in [0.3, 0.4) is 0 Å². The summed E-state index contributed by atoms with van der Waals surface area (Å²) in [6.45, 7) is 0.797. The van der Waals surface area contributed by atoms with E-state index in [1.165, 1.54) is 0 Å². The molecule has 6 nitrogen and oxygen atoms in total. The summed E-state index contributed by atoms with van der Waals surface area (Å²) in [6.07, 6.45) is 9.60. The second-order valence-corrected chi connectivity index (χ2v) is 5.08. The number of nitrogens with one attached hydrogen (secondary N) is 1.